The molecule has 1 N–H and O–H groups in total. The van der Waals surface area contributed by atoms with E-state index in [9.17, 15) is 5.11 Å². The predicted octanol–water partition coefficient (Wildman–Crippen LogP) is 2.67. The second kappa shape index (κ2) is 1.60. The van der Waals surface area contributed by atoms with Crippen LogP contribution in [0.15, 0.2) is 12.1 Å². The average Bonchev–Trinajstić information content (AvgIpc) is 1.77. The summed E-state index contributed by atoms with van der Waals surface area (Å²) in [6.45, 7) is 6.48. The van der Waals surface area contributed by atoms with Gasteiger partial charge >= 0.3 is 0 Å². The van der Waals surface area contributed by atoms with Crippen LogP contribution in [0.25, 0.3) is 11.1 Å². The van der Waals surface area contributed by atoms with Gasteiger partial charge in [-0.15, -0.1) is 0 Å². The highest BCUT2D eigenvalue weighted by molar-refractivity contribution is 5.89. The third kappa shape index (κ3) is 0.710. The van der Waals surface area contributed by atoms with Crippen molar-refractivity contribution in [3.63, 3.8) is 0 Å². The van der Waals surface area contributed by atoms with Gasteiger partial charge in [-0.05, 0) is 28.7 Å². The molecule has 2 aliphatic carbocycles. The summed E-state index contributed by atoms with van der Waals surface area (Å²) < 4.78 is 0. The minimum Gasteiger partial charge on any atom is -0.507 e. The van der Waals surface area contributed by atoms with Crippen LogP contribution in [0.2, 0.25) is 0 Å². The van der Waals surface area contributed by atoms with E-state index in [-0.39, 0.29) is 5.41 Å². The van der Waals surface area contributed by atoms with Crippen molar-refractivity contribution in [2.45, 2.75) is 26.2 Å². The molecule has 58 valence electrons. The van der Waals surface area contributed by atoms with Crippen molar-refractivity contribution < 1.29 is 5.11 Å². The van der Waals surface area contributed by atoms with Crippen molar-refractivity contribution in [3.8, 4) is 16.9 Å². The lowest BCUT2D eigenvalue weighted by Crippen LogP contribution is -2.17. The molecule has 0 amide bonds. The van der Waals surface area contributed by atoms with Gasteiger partial charge in [0.05, 0.1) is 0 Å². The molecule has 2 aliphatic rings. The molecule has 1 heteroatoms. The van der Waals surface area contributed by atoms with E-state index in [0.29, 0.717) is 5.75 Å². The highest BCUT2D eigenvalue weighted by atomic mass is 16.3. The summed E-state index contributed by atoms with van der Waals surface area (Å²) in [5.41, 5.74) is 3.78. The largest absolute Gasteiger partial charge is 0.507 e. The zero-order valence-electron chi connectivity index (χ0n) is 7.10. The van der Waals surface area contributed by atoms with Gasteiger partial charge in [0.25, 0.3) is 0 Å². The van der Waals surface area contributed by atoms with E-state index in [1.54, 1.807) is 0 Å². The van der Waals surface area contributed by atoms with Crippen molar-refractivity contribution in [2.75, 3.05) is 0 Å². The van der Waals surface area contributed by atoms with Crippen LogP contribution in [0, 0.1) is 0 Å². The molecular formula is C10H12O. The molecule has 0 bridgehead atoms. The van der Waals surface area contributed by atoms with E-state index >= 15 is 0 Å². The van der Waals surface area contributed by atoms with Gasteiger partial charge in [0, 0.05) is 5.56 Å². The van der Waals surface area contributed by atoms with Gasteiger partial charge in [-0.3, -0.25) is 0 Å². The SMILES string of the molecule is CC(C)(C)c1cc2cc(O)c1-2. The maximum atomic E-state index is 9.23. The molecular weight excluding hydrogens is 136 g/mol. The number of phenols is 1. The number of benzene rings is 1. The number of fused-ring (bicyclic) bond motifs is 1. The van der Waals surface area contributed by atoms with Gasteiger partial charge in [0.1, 0.15) is 5.75 Å². The van der Waals surface area contributed by atoms with Crippen LogP contribution < -0.4 is 0 Å². The Morgan fingerprint density at radius 2 is 1.82 bits per heavy atom. The molecule has 11 heavy (non-hydrogen) atoms. The molecule has 2 rings (SSSR count). The lowest BCUT2D eigenvalue weighted by atomic mass is 9.73. The van der Waals surface area contributed by atoms with Gasteiger partial charge in [-0.2, -0.15) is 0 Å². The Labute approximate surface area is 66.7 Å². The monoisotopic (exact) mass is 148 g/mol. The van der Waals surface area contributed by atoms with Crippen LogP contribution in [-0.4, -0.2) is 5.11 Å². The van der Waals surface area contributed by atoms with Crippen LogP contribution in [0.5, 0.6) is 5.75 Å². The van der Waals surface area contributed by atoms with Gasteiger partial charge < -0.3 is 5.11 Å². The summed E-state index contributed by atoms with van der Waals surface area (Å²) >= 11 is 0. The number of rotatable bonds is 0. The maximum Gasteiger partial charge on any atom is 0.124 e. The van der Waals surface area contributed by atoms with Crippen LogP contribution in [-0.2, 0) is 5.41 Å². The molecule has 0 aromatic heterocycles. The number of phenolic OH excluding ortho intramolecular Hbond substituents is 1. The van der Waals surface area contributed by atoms with Crippen LogP contribution in [0.4, 0.5) is 0 Å². The van der Waals surface area contributed by atoms with Gasteiger partial charge in [-0.25, -0.2) is 0 Å². The Morgan fingerprint density at radius 3 is 2.09 bits per heavy atom. The molecule has 0 spiro atoms. The molecule has 0 fully saturated rings. The fraction of sp³-hybridized carbons (Fsp3) is 0.400. The molecule has 0 radical (unpaired) electrons. The van der Waals surface area contributed by atoms with E-state index in [4.69, 9.17) is 0 Å². The van der Waals surface area contributed by atoms with Crippen molar-refractivity contribution in [1.82, 2.24) is 0 Å². The predicted molar refractivity (Wildman–Crippen MR) is 45.8 cm³/mol. The standard InChI is InChI=1S/C10H12O/c1-10(2,3)7-4-6-5-8(11)9(6)7/h4-5,11H,1-3H3. The van der Waals surface area contributed by atoms with Crippen LogP contribution in [0.3, 0.4) is 0 Å². The summed E-state index contributed by atoms with van der Waals surface area (Å²) in [5.74, 6) is 0.465. The van der Waals surface area contributed by atoms with Crippen molar-refractivity contribution in [3.05, 3.63) is 17.7 Å². The third-order valence-corrected chi connectivity index (χ3v) is 2.21. The highest BCUT2D eigenvalue weighted by Gasteiger charge is 2.29. The molecule has 0 aromatic carbocycles. The second-order valence-corrected chi connectivity index (χ2v) is 4.17. The smallest absolute Gasteiger partial charge is 0.124 e. The molecule has 0 atom stereocenters. The Hall–Kier alpha value is -0.980. The van der Waals surface area contributed by atoms with E-state index in [1.165, 1.54) is 11.1 Å². The zero-order valence-corrected chi connectivity index (χ0v) is 7.10. The molecule has 0 saturated carbocycles. The first-order valence-electron chi connectivity index (χ1n) is 3.88. The maximum absolute atomic E-state index is 9.23. The van der Waals surface area contributed by atoms with Gasteiger partial charge in [-0.1, -0.05) is 20.8 Å². The lowest BCUT2D eigenvalue weighted by Gasteiger charge is -2.31. The summed E-state index contributed by atoms with van der Waals surface area (Å²) in [7, 11) is 0. The Balaban J connectivity index is 2.47. The minimum absolute atomic E-state index is 0.182. The first-order valence-corrected chi connectivity index (χ1v) is 3.88. The molecule has 0 saturated heterocycles. The molecule has 0 aromatic rings. The third-order valence-electron chi connectivity index (χ3n) is 2.21. The lowest BCUT2D eigenvalue weighted by molar-refractivity contribution is 0.467. The zero-order chi connectivity index (χ0) is 8.22. The topological polar surface area (TPSA) is 20.2 Å². The van der Waals surface area contributed by atoms with E-state index in [0.717, 1.165) is 5.56 Å². The first kappa shape index (κ1) is 6.71. The molecule has 0 heterocycles. The van der Waals surface area contributed by atoms with Gasteiger partial charge in [0.15, 0.2) is 0 Å². The van der Waals surface area contributed by atoms with E-state index in [1.807, 2.05) is 6.07 Å². The normalized spacial score (nSPS) is 13.4. The second-order valence-electron chi connectivity index (χ2n) is 4.17. The summed E-state index contributed by atoms with van der Waals surface area (Å²) in [6.07, 6.45) is 0. The van der Waals surface area contributed by atoms with E-state index < -0.39 is 0 Å². The first-order chi connectivity index (χ1) is 5.00. The molecule has 0 unspecified atom stereocenters. The summed E-state index contributed by atoms with van der Waals surface area (Å²) in [6, 6.07) is 3.96. The fourth-order valence-electron chi connectivity index (χ4n) is 1.51. The molecule has 0 aliphatic heterocycles. The summed E-state index contributed by atoms with van der Waals surface area (Å²) in [4.78, 5) is 0. The number of aromatic hydroxyl groups is 1. The minimum atomic E-state index is 0.182. The van der Waals surface area contributed by atoms with Crippen molar-refractivity contribution in [2.24, 2.45) is 0 Å². The Bertz CT molecular complexity index is 318. The van der Waals surface area contributed by atoms with Crippen LogP contribution >= 0.6 is 0 Å². The molecule has 1 nitrogen and oxygen atoms in total. The summed E-state index contributed by atoms with van der Waals surface area (Å²) in [5, 5.41) is 9.23. The fourth-order valence-corrected chi connectivity index (χ4v) is 1.51. The highest BCUT2D eigenvalue weighted by Crippen LogP contribution is 2.50. The van der Waals surface area contributed by atoms with Crippen molar-refractivity contribution >= 4 is 0 Å². The Kier molecular flexibility index (Phi) is 0.979. The number of hydrogen-bond donors (Lipinski definition) is 1. The van der Waals surface area contributed by atoms with Crippen LogP contribution in [0.1, 0.15) is 26.3 Å². The quantitative estimate of drug-likeness (QED) is 0.609. The number of hydrogen-bond acceptors (Lipinski definition) is 1. The van der Waals surface area contributed by atoms with E-state index in [2.05, 4.69) is 26.8 Å². The Morgan fingerprint density at radius 1 is 1.18 bits per heavy atom. The average molecular weight is 148 g/mol. The van der Waals surface area contributed by atoms with Crippen molar-refractivity contribution in [1.29, 1.82) is 0 Å². The van der Waals surface area contributed by atoms with Gasteiger partial charge in [0.2, 0.25) is 0 Å².